The van der Waals surface area contributed by atoms with Gasteiger partial charge in [-0.1, -0.05) is 12.1 Å². The smallest absolute Gasteiger partial charge is 0.131 e. The van der Waals surface area contributed by atoms with Gasteiger partial charge in [0.25, 0.3) is 0 Å². The van der Waals surface area contributed by atoms with Crippen molar-refractivity contribution < 1.29 is 9.47 Å². The SMILES string of the molecule is COc1ccc(C=Nc2ccc(C34CC5CC(CC(C5)C3)C4)cc2)c(OC)c1. The standard InChI is InChI=1S/C25H29NO2/c1-27-23-8-3-20(24(12-23)28-2)16-26-22-6-4-21(5-7-22)25-13-17-9-18(14-25)11-19(10-17)15-25/h3-8,12,16-19H,9-11,13-15H2,1-2H3. The maximum Gasteiger partial charge on any atom is 0.131 e. The van der Waals surface area contributed by atoms with E-state index in [0.717, 1.165) is 40.5 Å². The molecule has 0 N–H and O–H groups in total. The minimum absolute atomic E-state index is 0.455. The van der Waals surface area contributed by atoms with Gasteiger partial charge in [0.15, 0.2) is 0 Å². The van der Waals surface area contributed by atoms with Crippen molar-refractivity contribution in [2.45, 2.75) is 43.9 Å². The second-order valence-corrected chi connectivity index (χ2v) is 9.11. The quantitative estimate of drug-likeness (QED) is 0.607. The van der Waals surface area contributed by atoms with Crippen LogP contribution in [-0.2, 0) is 5.41 Å². The predicted octanol–water partition coefficient (Wildman–Crippen LogP) is 5.92. The van der Waals surface area contributed by atoms with Crippen molar-refractivity contribution in [1.29, 1.82) is 0 Å². The fraction of sp³-hybridized carbons (Fsp3) is 0.480. The van der Waals surface area contributed by atoms with E-state index in [4.69, 9.17) is 9.47 Å². The summed E-state index contributed by atoms with van der Waals surface area (Å²) in [7, 11) is 3.33. The van der Waals surface area contributed by atoms with Crippen molar-refractivity contribution in [1.82, 2.24) is 0 Å². The molecule has 0 radical (unpaired) electrons. The van der Waals surface area contributed by atoms with Gasteiger partial charge in [0, 0.05) is 17.8 Å². The van der Waals surface area contributed by atoms with E-state index >= 15 is 0 Å². The van der Waals surface area contributed by atoms with Gasteiger partial charge in [-0.05, 0) is 91.5 Å². The van der Waals surface area contributed by atoms with E-state index in [-0.39, 0.29) is 0 Å². The van der Waals surface area contributed by atoms with Crippen molar-refractivity contribution in [3.63, 3.8) is 0 Å². The fourth-order valence-corrected chi connectivity index (χ4v) is 6.43. The lowest BCUT2D eigenvalue weighted by molar-refractivity contribution is -0.00518. The lowest BCUT2D eigenvalue weighted by Gasteiger charge is -2.57. The summed E-state index contributed by atoms with van der Waals surface area (Å²) in [5.41, 5.74) is 3.95. The predicted molar refractivity (Wildman–Crippen MR) is 113 cm³/mol. The van der Waals surface area contributed by atoms with Crippen molar-refractivity contribution in [2.75, 3.05) is 14.2 Å². The molecule has 0 spiro atoms. The highest BCUT2D eigenvalue weighted by Crippen LogP contribution is 2.60. The van der Waals surface area contributed by atoms with Crippen LogP contribution in [0.5, 0.6) is 11.5 Å². The van der Waals surface area contributed by atoms with Gasteiger partial charge >= 0.3 is 0 Å². The maximum absolute atomic E-state index is 5.46. The molecule has 0 unspecified atom stereocenters. The lowest BCUT2D eigenvalue weighted by Crippen LogP contribution is -2.48. The summed E-state index contributed by atoms with van der Waals surface area (Å²) in [5, 5.41) is 0. The average Bonchev–Trinajstić information content (AvgIpc) is 2.71. The Morgan fingerprint density at radius 3 is 2.07 bits per heavy atom. The first-order chi connectivity index (χ1) is 13.7. The molecule has 0 amide bonds. The Hall–Kier alpha value is -2.29. The highest BCUT2D eigenvalue weighted by molar-refractivity contribution is 5.85. The van der Waals surface area contributed by atoms with E-state index in [1.54, 1.807) is 19.8 Å². The largest absolute Gasteiger partial charge is 0.497 e. The molecular formula is C25H29NO2. The van der Waals surface area contributed by atoms with Crippen LogP contribution in [0.1, 0.15) is 49.7 Å². The van der Waals surface area contributed by atoms with Crippen LogP contribution >= 0.6 is 0 Å². The third kappa shape index (κ3) is 3.11. The number of ether oxygens (including phenoxy) is 2. The van der Waals surface area contributed by atoms with Gasteiger partial charge in [-0.25, -0.2) is 0 Å². The van der Waals surface area contributed by atoms with Crippen LogP contribution in [-0.4, -0.2) is 20.4 Å². The zero-order chi connectivity index (χ0) is 19.1. The minimum atomic E-state index is 0.455. The van der Waals surface area contributed by atoms with Gasteiger partial charge in [0.05, 0.1) is 19.9 Å². The van der Waals surface area contributed by atoms with Crippen LogP contribution in [0.15, 0.2) is 47.5 Å². The molecule has 3 nitrogen and oxygen atoms in total. The molecule has 146 valence electrons. The number of hydrogen-bond acceptors (Lipinski definition) is 3. The number of hydrogen-bond donors (Lipinski definition) is 0. The summed E-state index contributed by atoms with van der Waals surface area (Å²) in [4.78, 5) is 4.68. The molecule has 4 aliphatic carbocycles. The monoisotopic (exact) mass is 375 g/mol. The third-order valence-corrected chi connectivity index (χ3v) is 7.31. The van der Waals surface area contributed by atoms with E-state index in [2.05, 4.69) is 29.3 Å². The first-order valence-electron chi connectivity index (χ1n) is 10.5. The van der Waals surface area contributed by atoms with Crippen molar-refractivity contribution in [3.05, 3.63) is 53.6 Å². The molecule has 2 aromatic rings. The van der Waals surface area contributed by atoms with Crippen molar-refractivity contribution >= 4 is 11.9 Å². The first-order valence-corrected chi connectivity index (χ1v) is 10.5. The van der Waals surface area contributed by atoms with Gasteiger partial charge in [-0.2, -0.15) is 0 Å². The second-order valence-electron chi connectivity index (χ2n) is 9.11. The van der Waals surface area contributed by atoms with Gasteiger partial charge in [-0.15, -0.1) is 0 Å². The summed E-state index contributed by atoms with van der Waals surface area (Å²) >= 11 is 0. The van der Waals surface area contributed by atoms with Crippen molar-refractivity contribution in [3.8, 4) is 11.5 Å². The summed E-state index contributed by atoms with van der Waals surface area (Å²) < 4.78 is 10.7. The second kappa shape index (κ2) is 6.95. The maximum atomic E-state index is 5.46. The molecule has 2 aromatic carbocycles. The molecule has 4 bridgehead atoms. The number of methoxy groups -OCH3 is 2. The van der Waals surface area contributed by atoms with E-state index in [1.807, 2.05) is 24.4 Å². The molecular weight excluding hydrogens is 346 g/mol. The van der Waals surface area contributed by atoms with Crippen LogP contribution < -0.4 is 9.47 Å². The van der Waals surface area contributed by atoms with E-state index in [0.29, 0.717) is 5.41 Å². The first kappa shape index (κ1) is 17.8. The molecule has 4 aliphatic rings. The Labute approximate surface area is 167 Å². The van der Waals surface area contributed by atoms with E-state index in [9.17, 15) is 0 Å². The molecule has 28 heavy (non-hydrogen) atoms. The average molecular weight is 376 g/mol. The molecule has 0 aromatic heterocycles. The summed E-state index contributed by atoms with van der Waals surface area (Å²) in [5.74, 6) is 4.49. The topological polar surface area (TPSA) is 30.8 Å². The van der Waals surface area contributed by atoms with Gasteiger partial charge in [-0.3, -0.25) is 4.99 Å². The highest BCUT2D eigenvalue weighted by atomic mass is 16.5. The Morgan fingerprint density at radius 2 is 1.50 bits per heavy atom. The van der Waals surface area contributed by atoms with Crippen LogP contribution in [0.4, 0.5) is 5.69 Å². The molecule has 0 saturated heterocycles. The fourth-order valence-electron chi connectivity index (χ4n) is 6.43. The summed E-state index contributed by atoms with van der Waals surface area (Å²) in [6.07, 6.45) is 10.6. The zero-order valence-corrected chi connectivity index (χ0v) is 16.9. The lowest BCUT2D eigenvalue weighted by atomic mass is 9.48. The molecule has 4 fully saturated rings. The van der Waals surface area contributed by atoms with Gasteiger partial charge < -0.3 is 9.47 Å². The highest BCUT2D eigenvalue weighted by Gasteiger charge is 2.51. The molecule has 0 heterocycles. The summed E-state index contributed by atoms with van der Waals surface area (Å²) in [6, 6.07) is 14.8. The Kier molecular flexibility index (Phi) is 4.41. The molecule has 6 rings (SSSR count). The van der Waals surface area contributed by atoms with Crippen molar-refractivity contribution in [2.24, 2.45) is 22.7 Å². The van der Waals surface area contributed by atoms with Gasteiger partial charge in [0.1, 0.15) is 11.5 Å². The number of rotatable bonds is 5. The minimum Gasteiger partial charge on any atom is -0.497 e. The van der Waals surface area contributed by atoms with E-state index in [1.165, 1.54) is 38.5 Å². The van der Waals surface area contributed by atoms with Gasteiger partial charge in [0.2, 0.25) is 0 Å². The van der Waals surface area contributed by atoms with Crippen LogP contribution in [0.25, 0.3) is 0 Å². The van der Waals surface area contributed by atoms with Crippen LogP contribution in [0.3, 0.4) is 0 Å². The Bertz CT molecular complexity index is 849. The number of benzene rings is 2. The molecule has 0 atom stereocenters. The van der Waals surface area contributed by atoms with Crippen LogP contribution in [0.2, 0.25) is 0 Å². The molecule has 0 aliphatic heterocycles. The molecule has 3 heteroatoms. The third-order valence-electron chi connectivity index (χ3n) is 7.31. The number of nitrogens with zero attached hydrogens (tertiary/aromatic N) is 1. The van der Waals surface area contributed by atoms with E-state index < -0.39 is 0 Å². The normalized spacial score (nSPS) is 30.7. The Balaban J connectivity index is 1.36. The Morgan fingerprint density at radius 1 is 0.857 bits per heavy atom. The molecule has 4 saturated carbocycles. The zero-order valence-electron chi connectivity index (χ0n) is 16.9. The summed E-state index contributed by atoms with van der Waals surface area (Å²) in [6.45, 7) is 0. The number of aliphatic imine (C=N–C) groups is 1. The van der Waals surface area contributed by atoms with Crippen LogP contribution in [0, 0.1) is 17.8 Å².